The van der Waals surface area contributed by atoms with Crippen molar-refractivity contribution in [3.8, 4) is 5.75 Å². The predicted molar refractivity (Wildman–Crippen MR) is 98.8 cm³/mol. The number of hydrogen-bond acceptors (Lipinski definition) is 6. The highest BCUT2D eigenvalue weighted by Crippen LogP contribution is 2.36. The molecule has 10 heteroatoms. The van der Waals surface area contributed by atoms with Crippen LogP contribution in [0, 0.1) is 0 Å². The van der Waals surface area contributed by atoms with Crippen LogP contribution in [0.2, 0.25) is 5.02 Å². The summed E-state index contributed by atoms with van der Waals surface area (Å²) in [4.78, 5) is 22.9. The van der Waals surface area contributed by atoms with Crippen LogP contribution in [0.5, 0.6) is 5.75 Å². The average Bonchev–Trinajstić information content (AvgIpc) is 2.61. The Hall–Kier alpha value is -2.78. The van der Waals surface area contributed by atoms with Crippen LogP contribution in [-0.4, -0.2) is 33.5 Å². The maximum atomic E-state index is 12.7. The lowest BCUT2D eigenvalue weighted by molar-refractivity contribution is -0.118. The summed E-state index contributed by atoms with van der Waals surface area (Å²) in [5, 5.41) is 2.46. The van der Waals surface area contributed by atoms with Crippen LogP contribution < -0.4 is 14.8 Å². The molecule has 0 fully saturated rings. The molecular weight excluding hydrogens is 396 g/mol. The molecule has 1 aliphatic heterocycles. The van der Waals surface area contributed by atoms with E-state index in [0.717, 1.165) is 0 Å². The summed E-state index contributed by atoms with van der Waals surface area (Å²) in [7, 11) is -4.07. The second-order valence-corrected chi connectivity index (χ2v) is 7.58. The number of carbonyl (C=O) groups excluding carboxylic acids is 2. The number of anilines is 2. The molecule has 0 saturated carbocycles. The molecule has 0 spiro atoms. The number of nitrogens with one attached hydrogen (secondary N) is 2. The van der Waals surface area contributed by atoms with Gasteiger partial charge in [0.05, 0.1) is 22.9 Å². The highest BCUT2D eigenvalue weighted by Gasteiger charge is 2.25. The summed E-state index contributed by atoms with van der Waals surface area (Å²) >= 11 is 6.08. The van der Waals surface area contributed by atoms with Crippen molar-refractivity contribution < 1.29 is 27.5 Å². The first-order valence-electron chi connectivity index (χ1n) is 7.86. The second-order valence-electron chi connectivity index (χ2n) is 5.52. The van der Waals surface area contributed by atoms with E-state index in [2.05, 4.69) is 10.0 Å². The molecule has 0 unspecified atom stereocenters. The Bertz CT molecular complexity index is 1020. The Morgan fingerprint density at radius 3 is 2.85 bits per heavy atom. The lowest BCUT2D eigenvalue weighted by Gasteiger charge is -2.19. The fourth-order valence-corrected chi connectivity index (χ4v) is 4.02. The molecule has 142 valence electrons. The van der Waals surface area contributed by atoms with Crippen molar-refractivity contribution in [3.63, 3.8) is 0 Å². The topological polar surface area (TPSA) is 111 Å². The van der Waals surface area contributed by atoms with Gasteiger partial charge in [0.1, 0.15) is 10.6 Å². The normalized spacial score (nSPS) is 13.2. The number of halogens is 1. The fourth-order valence-electron chi connectivity index (χ4n) is 2.42. The van der Waals surface area contributed by atoms with E-state index >= 15 is 0 Å². The van der Waals surface area contributed by atoms with Crippen molar-refractivity contribution in [2.75, 3.05) is 23.3 Å². The minimum Gasteiger partial charge on any atom is -0.482 e. The van der Waals surface area contributed by atoms with E-state index in [1.165, 1.54) is 36.4 Å². The van der Waals surface area contributed by atoms with Crippen molar-refractivity contribution in [2.45, 2.75) is 11.8 Å². The zero-order valence-electron chi connectivity index (χ0n) is 14.1. The number of hydrogen-bond donors (Lipinski definition) is 2. The van der Waals surface area contributed by atoms with Gasteiger partial charge in [-0.1, -0.05) is 17.7 Å². The summed E-state index contributed by atoms with van der Waals surface area (Å²) < 4.78 is 37.9. The third-order valence-electron chi connectivity index (χ3n) is 3.58. The van der Waals surface area contributed by atoms with Gasteiger partial charge in [-0.3, -0.25) is 9.52 Å². The number of sulfonamides is 1. The van der Waals surface area contributed by atoms with Gasteiger partial charge in [-0.2, -0.15) is 0 Å². The van der Waals surface area contributed by atoms with Crippen molar-refractivity contribution >= 4 is 44.9 Å². The third kappa shape index (κ3) is 4.15. The Morgan fingerprint density at radius 1 is 1.33 bits per heavy atom. The summed E-state index contributed by atoms with van der Waals surface area (Å²) in [5.41, 5.74) is 0.669. The lowest BCUT2D eigenvalue weighted by atomic mass is 10.2. The van der Waals surface area contributed by atoms with Crippen LogP contribution in [0.4, 0.5) is 11.4 Å². The molecule has 0 bridgehead atoms. The average molecular weight is 411 g/mol. The highest BCUT2D eigenvalue weighted by molar-refractivity contribution is 7.92. The standard InChI is InChI=1S/C17H15ClN2O6S/c1-2-25-17(22)10-4-3-5-11(6-10)20-27(23,24)15-8-14-13(7-12(15)18)19-16(21)9-26-14/h3-8,20H,2,9H2,1H3,(H,19,21). The zero-order valence-corrected chi connectivity index (χ0v) is 15.7. The molecule has 0 aromatic heterocycles. The first-order valence-corrected chi connectivity index (χ1v) is 9.72. The molecule has 27 heavy (non-hydrogen) atoms. The minimum absolute atomic E-state index is 0.0893. The summed E-state index contributed by atoms with van der Waals surface area (Å²) in [5.74, 6) is -0.725. The van der Waals surface area contributed by atoms with Gasteiger partial charge in [0, 0.05) is 11.8 Å². The first kappa shape index (κ1) is 19.0. The summed E-state index contributed by atoms with van der Waals surface area (Å²) in [6.07, 6.45) is 0. The fraction of sp³-hybridized carbons (Fsp3) is 0.176. The van der Waals surface area contributed by atoms with Gasteiger partial charge in [0.15, 0.2) is 6.61 Å². The molecule has 1 aliphatic rings. The Morgan fingerprint density at radius 2 is 2.11 bits per heavy atom. The first-order chi connectivity index (χ1) is 12.8. The number of esters is 1. The van der Waals surface area contributed by atoms with Crippen LogP contribution in [0.15, 0.2) is 41.3 Å². The van der Waals surface area contributed by atoms with Gasteiger partial charge in [-0.15, -0.1) is 0 Å². The Labute approximate surface area is 160 Å². The van der Waals surface area contributed by atoms with Crippen molar-refractivity contribution in [1.82, 2.24) is 0 Å². The van der Waals surface area contributed by atoms with E-state index in [1.807, 2.05) is 0 Å². The number of rotatable bonds is 5. The van der Waals surface area contributed by atoms with E-state index in [4.69, 9.17) is 21.1 Å². The van der Waals surface area contributed by atoms with Crippen LogP contribution >= 0.6 is 11.6 Å². The molecule has 2 aromatic rings. The molecule has 0 aliphatic carbocycles. The molecule has 0 saturated heterocycles. The van der Waals surface area contributed by atoms with Gasteiger partial charge in [0.25, 0.3) is 15.9 Å². The van der Waals surface area contributed by atoms with Crippen LogP contribution in [0.25, 0.3) is 0 Å². The van der Waals surface area contributed by atoms with E-state index in [0.29, 0.717) is 5.69 Å². The molecule has 3 rings (SSSR count). The van der Waals surface area contributed by atoms with Gasteiger partial charge < -0.3 is 14.8 Å². The number of carbonyl (C=O) groups is 2. The Kier molecular flexibility index (Phi) is 5.24. The van der Waals surface area contributed by atoms with E-state index in [1.54, 1.807) is 6.92 Å². The number of amides is 1. The molecule has 1 heterocycles. The van der Waals surface area contributed by atoms with Crippen molar-refractivity contribution in [2.24, 2.45) is 0 Å². The molecule has 2 N–H and O–H groups in total. The Balaban J connectivity index is 1.91. The molecule has 2 aromatic carbocycles. The molecule has 1 amide bonds. The predicted octanol–water partition coefficient (Wildman–Crippen LogP) is 2.65. The van der Waals surface area contributed by atoms with Gasteiger partial charge in [-0.25, -0.2) is 13.2 Å². The van der Waals surface area contributed by atoms with Gasteiger partial charge >= 0.3 is 5.97 Å². The quantitative estimate of drug-likeness (QED) is 0.733. The monoisotopic (exact) mass is 410 g/mol. The van der Waals surface area contributed by atoms with Gasteiger partial charge in [0.2, 0.25) is 0 Å². The van der Waals surface area contributed by atoms with E-state index in [9.17, 15) is 18.0 Å². The second kappa shape index (κ2) is 7.45. The third-order valence-corrected chi connectivity index (χ3v) is 5.43. The minimum atomic E-state index is -4.07. The van der Waals surface area contributed by atoms with Crippen LogP contribution in [0.1, 0.15) is 17.3 Å². The maximum Gasteiger partial charge on any atom is 0.338 e. The maximum absolute atomic E-state index is 12.7. The number of ether oxygens (including phenoxy) is 2. The van der Waals surface area contributed by atoms with E-state index < -0.39 is 16.0 Å². The molecule has 8 nitrogen and oxygen atoms in total. The highest BCUT2D eigenvalue weighted by atomic mass is 35.5. The van der Waals surface area contributed by atoms with Gasteiger partial charge in [-0.05, 0) is 31.2 Å². The zero-order chi connectivity index (χ0) is 19.6. The molecular formula is C17H15ClN2O6S. The smallest absolute Gasteiger partial charge is 0.338 e. The van der Waals surface area contributed by atoms with Crippen LogP contribution in [0.3, 0.4) is 0 Å². The number of fused-ring (bicyclic) bond motifs is 1. The lowest BCUT2D eigenvalue weighted by Crippen LogP contribution is -2.25. The van der Waals surface area contributed by atoms with Crippen molar-refractivity contribution in [3.05, 3.63) is 47.0 Å². The largest absolute Gasteiger partial charge is 0.482 e. The van der Waals surface area contributed by atoms with Crippen LogP contribution in [-0.2, 0) is 19.6 Å². The SMILES string of the molecule is CCOC(=O)c1cccc(NS(=O)(=O)c2cc3c(cc2Cl)NC(=O)CO3)c1. The van der Waals surface area contributed by atoms with Crippen molar-refractivity contribution in [1.29, 1.82) is 0 Å². The molecule has 0 atom stereocenters. The summed E-state index contributed by atoms with van der Waals surface area (Å²) in [6, 6.07) is 8.42. The molecule has 0 radical (unpaired) electrons. The van der Waals surface area contributed by atoms with E-state index in [-0.39, 0.29) is 46.0 Å². The number of benzene rings is 2. The summed E-state index contributed by atoms with van der Waals surface area (Å²) in [6.45, 7) is 1.66.